The summed E-state index contributed by atoms with van der Waals surface area (Å²) in [6.45, 7) is 2.69. The Morgan fingerprint density at radius 2 is 1.79 bits per heavy atom. The van der Waals surface area contributed by atoms with Crippen LogP contribution in [0.25, 0.3) is 21.9 Å². The molecule has 0 aliphatic heterocycles. The molecule has 19 heavy (non-hydrogen) atoms. The molecule has 0 bridgehead atoms. The molecular weight excluding hydrogens is 234 g/mol. The number of pyridine rings is 1. The van der Waals surface area contributed by atoms with Gasteiger partial charge in [0.1, 0.15) is 5.75 Å². The van der Waals surface area contributed by atoms with Gasteiger partial charge in [-0.15, -0.1) is 0 Å². The summed E-state index contributed by atoms with van der Waals surface area (Å²) in [6, 6.07) is 16.6. The molecule has 0 unspecified atom stereocenters. The second-order valence-corrected chi connectivity index (χ2v) is 4.40. The molecule has 0 aliphatic carbocycles. The summed E-state index contributed by atoms with van der Waals surface area (Å²) in [5.41, 5.74) is 2.32. The lowest BCUT2D eigenvalue weighted by Gasteiger charge is -2.06. The van der Waals surface area contributed by atoms with Gasteiger partial charge in [-0.2, -0.15) is 0 Å². The monoisotopic (exact) mass is 249 g/mol. The van der Waals surface area contributed by atoms with Crippen molar-refractivity contribution in [2.75, 3.05) is 6.61 Å². The van der Waals surface area contributed by atoms with Gasteiger partial charge >= 0.3 is 0 Å². The Hall–Kier alpha value is -2.35. The molecular formula is C17H15NO. The average molecular weight is 249 g/mol. The van der Waals surface area contributed by atoms with Gasteiger partial charge in [0.05, 0.1) is 6.61 Å². The summed E-state index contributed by atoms with van der Waals surface area (Å²) in [7, 11) is 0. The zero-order valence-electron chi connectivity index (χ0n) is 10.8. The molecule has 0 spiro atoms. The topological polar surface area (TPSA) is 22.1 Å². The molecule has 2 heteroatoms. The van der Waals surface area contributed by atoms with Crippen molar-refractivity contribution in [2.45, 2.75) is 6.92 Å². The van der Waals surface area contributed by atoms with E-state index in [1.54, 1.807) is 6.20 Å². The Morgan fingerprint density at radius 1 is 0.947 bits per heavy atom. The van der Waals surface area contributed by atoms with Gasteiger partial charge in [-0.3, -0.25) is 4.98 Å². The Balaban J connectivity index is 2.05. The standard InChI is InChI=1S/C17H15NO/c1-2-19-17-8-7-13-10-14(5-6-15(13)11-17)16-4-3-9-18-12-16/h3-12H,2H2,1H3. The zero-order chi connectivity index (χ0) is 13.1. The maximum absolute atomic E-state index is 5.52. The summed E-state index contributed by atoms with van der Waals surface area (Å²) in [6.07, 6.45) is 3.68. The predicted molar refractivity (Wildman–Crippen MR) is 78.3 cm³/mol. The van der Waals surface area contributed by atoms with Gasteiger partial charge in [0.2, 0.25) is 0 Å². The normalized spacial score (nSPS) is 10.6. The first-order chi connectivity index (χ1) is 9.36. The van der Waals surface area contributed by atoms with Crippen molar-refractivity contribution >= 4 is 10.8 Å². The van der Waals surface area contributed by atoms with Crippen LogP contribution in [0.5, 0.6) is 5.75 Å². The molecule has 0 radical (unpaired) electrons. The molecule has 3 rings (SSSR count). The number of ether oxygens (including phenoxy) is 1. The highest BCUT2D eigenvalue weighted by molar-refractivity contribution is 5.88. The smallest absolute Gasteiger partial charge is 0.119 e. The number of benzene rings is 2. The van der Waals surface area contributed by atoms with Crippen LogP contribution in [0, 0.1) is 0 Å². The fourth-order valence-electron chi connectivity index (χ4n) is 2.19. The Morgan fingerprint density at radius 3 is 2.58 bits per heavy atom. The van der Waals surface area contributed by atoms with Crippen LogP contribution in [0.1, 0.15) is 6.92 Å². The van der Waals surface area contributed by atoms with Crippen LogP contribution in [0.3, 0.4) is 0 Å². The fourth-order valence-corrected chi connectivity index (χ4v) is 2.19. The molecule has 0 fully saturated rings. The van der Waals surface area contributed by atoms with E-state index in [-0.39, 0.29) is 0 Å². The van der Waals surface area contributed by atoms with Crippen molar-refractivity contribution in [1.29, 1.82) is 0 Å². The van der Waals surface area contributed by atoms with Gasteiger partial charge in [-0.1, -0.05) is 24.3 Å². The molecule has 2 aromatic carbocycles. The molecule has 1 heterocycles. The maximum atomic E-state index is 5.52. The molecule has 0 saturated heterocycles. The van der Waals surface area contributed by atoms with E-state index in [1.165, 1.54) is 16.3 Å². The van der Waals surface area contributed by atoms with Gasteiger partial charge in [-0.05, 0) is 47.5 Å². The van der Waals surface area contributed by atoms with Crippen LogP contribution in [0.15, 0.2) is 60.9 Å². The predicted octanol–water partition coefficient (Wildman–Crippen LogP) is 4.30. The van der Waals surface area contributed by atoms with Crippen LogP contribution in [0.2, 0.25) is 0 Å². The summed E-state index contributed by atoms with van der Waals surface area (Å²) in [5, 5.41) is 2.41. The van der Waals surface area contributed by atoms with Gasteiger partial charge in [0.15, 0.2) is 0 Å². The second-order valence-electron chi connectivity index (χ2n) is 4.40. The number of fused-ring (bicyclic) bond motifs is 1. The van der Waals surface area contributed by atoms with Crippen LogP contribution < -0.4 is 4.74 Å². The lowest BCUT2D eigenvalue weighted by molar-refractivity contribution is 0.341. The van der Waals surface area contributed by atoms with E-state index in [1.807, 2.05) is 25.3 Å². The second kappa shape index (κ2) is 5.11. The highest BCUT2D eigenvalue weighted by Crippen LogP contribution is 2.26. The number of hydrogen-bond acceptors (Lipinski definition) is 2. The minimum Gasteiger partial charge on any atom is -0.494 e. The first-order valence-electron chi connectivity index (χ1n) is 6.44. The minimum atomic E-state index is 0.694. The largest absolute Gasteiger partial charge is 0.494 e. The Labute approximate surface area is 112 Å². The third kappa shape index (κ3) is 2.43. The van der Waals surface area contributed by atoms with Gasteiger partial charge in [0.25, 0.3) is 0 Å². The number of hydrogen-bond donors (Lipinski definition) is 0. The Kier molecular flexibility index (Phi) is 3.15. The van der Waals surface area contributed by atoms with Crippen molar-refractivity contribution in [3.8, 4) is 16.9 Å². The molecule has 0 N–H and O–H groups in total. The summed E-state index contributed by atoms with van der Waals surface area (Å²) in [4.78, 5) is 4.16. The maximum Gasteiger partial charge on any atom is 0.119 e. The fraction of sp³-hybridized carbons (Fsp3) is 0.118. The molecule has 0 amide bonds. The van der Waals surface area contributed by atoms with E-state index in [4.69, 9.17) is 4.74 Å². The van der Waals surface area contributed by atoms with E-state index >= 15 is 0 Å². The summed E-state index contributed by atoms with van der Waals surface area (Å²) < 4.78 is 5.52. The number of aromatic nitrogens is 1. The van der Waals surface area contributed by atoms with Crippen LogP contribution >= 0.6 is 0 Å². The van der Waals surface area contributed by atoms with E-state index in [0.717, 1.165) is 11.3 Å². The first-order valence-corrected chi connectivity index (χ1v) is 6.44. The quantitative estimate of drug-likeness (QED) is 0.690. The zero-order valence-corrected chi connectivity index (χ0v) is 10.8. The lowest BCUT2D eigenvalue weighted by atomic mass is 10.0. The highest BCUT2D eigenvalue weighted by atomic mass is 16.5. The molecule has 1 aromatic heterocycles. The van der Waals surface area contributed by atoms with Crippen LogP contribution in [0.4, 0.5) is 0 Å². The van der Waals surface area contributed by atoms with Gasteiger partial charge in [-0.25, -0.2) is 0 Å². The van der Waals surface area contributed by atoms with Gasteiger partial charge < -0.3 is 4.74 Å². The van der Waals surface area contributed by atoms with Crippen molar-refractivity contribution in [3.05, 3.63) is 60.9 Å². The number of nitrogens with zero attached hydrogens (tertiary/aromatic N) is 1. The minimum absolute atomic E-state index is 0.694. The molecule has 94 valence electrons. The van der Waals surface area contributed by atoms with E-state index < -0.39 is 0 Å². The first kappa shape index (κ1) is 11.7. The lowest BCUT2D eigenvalue weighted by Crippen LogP contribution is -1.90. The molecule has 0 aliphatic rings. The van der Waals surface area contributed by atoms with E-state index in [0.29, 0.717) is 6.61 Å². The van der Waals surface area contributed by atoms with Crippen LogP contribution in [-0.4, -0.2) is 11.6 Å². The SMILES string of the molecule is CCOc1ccc2cc(-c3cccnc3)ccc2c1. The summed E-state index contributed by atoms with van der Waals surface area (Å²) in [5.74, 6) is 0.920. The van der Waals surface area contributed by atoms with Crippen LogP contribution in [-0.2, 0) is 0 Å². The molecule has 0 atom stereocenters. The van der Waals surface area contributed by atoms with Crippen molar-refractivity contribution in [2.24, 2.45) is 0 Å². The summed E-state index contributed by atoms with van der Waals surface area (Å²) >= 11 is 0. The van der Waals surface area contributed by atoms with Crippen molar-refractivity contribution in [1.82, 2.24) is 4.98 Å². The van der Waals surface area contributed by atoms with Gasteiger partial charge in [0, 0.05) is 18.0 Å². The average Bonchev–Trinajstić information content (AvgIpc) is 2.48. The van der Waals surface area contributed by atoms with Crippen molar-refractivity contribution < 1.29 is 4.74 Å². The van der Waals surface area contributed by atoms with E-state index in [2.05, 4.69) is 41.4 Å². The molecule has 3 aromatic rings. The third-order valence-electron chi connectivity index (χ3n) is 3.12. The molecule has 2 nitrogen and oxygen atoms in total. The molecule has 0 saturated carbocycles. The number of rotatable bonds is 3. The Bertz CT molecular complexity index is 692. The highest BCUT2D eigenvalue weighted by Gasteiger charge is 2.01. The van der Waals surface area contributed by atoms with Crippen molar-refractivity contribution in [3.63, 3.8) is 0 Å². The third-order valence-corrected chi connectivity index (χ3v) is 3.12. The van der Waals surface area contributed by atoms with E-state index in [9.17, 15) is 0 Å².